The van der Waals surface area contributed by atoms with Crippen LogP contribution >= 0.6 is 11.3 Å². The molecule has 3 amide bonds. The van der Waals surface area contributed by atoms with Crippen molar-refractivity contribution in [1.82, 2.24) is 24.8 Å². The Hall–Kier alpha value is -4.08. The second-order valence-corrected chi connectivity index (χ2v) is 10.7. The molecule has 1 saturated heterocycles. The average molecular weight is 547 g/mol. The van der Waals surface area contributed by atoms with Crippen molar-refractivity contribution >= 4 is 34.9 Å². The fourth-order valence-electron chi connectivity index (χ4n) is 4.89. The van der Waals surface area contributed by atoms with E-state index in [4.69, 9.17) is 9.72 Å². The summed E-state index contributed by atoms with van der Waals surface area (Å²) in [7, 11) is 3.48. The Morgan fingerprint density at radius 3 is 2.82 bits per heavy atom. The first-order valence-electron chi connectivity index (χ1n) is 12.8. The number of aryl methyl sites for hydroxylation is 3. The number of ether oxygens (including phenoxy) is 1. The van der Waals surface area contributed by atoms with Crippen LogP contribution in [0.2, 0.25) is 0 Å². The van der Waals surface area contributed by atoms with Crippen molar-refractivity contribution in [3.05, 3.63) is 57.2 Å². The molecule has 2 aliphatic rings. The number of nitriles is 1. The highest BCUT2D eigenvalue weighted by molar-refractivity contribution is 7.09. The van der Waals surface area contributed by atoms with E-state index >= 15 is 0 Å². The summed E-state index contributed by atoms with van der Waals surface area (Å²) in [5.74, 6) is 1.40. The summed E-state index contributed by atoms with van der Waals surface area (Å²) in [4.78, 5) is 45.6. The van der Waals surface area contributed by atoms with Gasteiger partial charge in [0.1, 0.15) is 17.7 Å². The fourth-order valence-corrected chi connectivity index (χ4v) is 5.49. The molecule has 0 aliphatic carbocycles. The van der Waals surface area contributed by atoms with Crippen LogP contribution in [0.3, 0.4) is 0 Å². The highest BCUT2D eigenvalue weighted by atomic mass is 32.1. The van der Waals surface area contributed by atoms with Crippen LogP contribution in [0.4, 0.5) is 16.4 Å². The molecule has 1 fully saturated rings. The van der Waals surface area contributed by atoms with Crippen molar-refractivity contribution in [2.75, 3.05) is 50.6 Å². The molecule has 1 N–H and O–H groups in total. The number of pyridine rings is 2. The summed E-state index contributed by atoms with van der Waals surface area (Å²) in [5.41, 5.74) is 4.85. The highest BCUT2D eigenvalue weighted by Gasteiger charge is 2.28. The van der Waals surface area contributed by atoms with Crippen LogP contribution < -0.4 is 15.0 Å². The molecule has 2 aliphatic heterocycles. The third-order valence-corrected chi connectivity index (χ3v) is 7.82. The minimum absolute atomic E-state index is 0.0749. The van der Waals surface area contributed by atoms with Crippen molar-refractivity contribution in [2.45, 2.75) is 32.2 Å². The van der Waals surface area contributed by atoms with Crippen LogP contribution in [0.15, 0.2) is 30.0 Å². The molecule has 5 rings (SSSR count). The number of anilines is 2. The van der Waals surface area contributed by atoms with Crippen LogP contribution in [-0.4, -0.2) is 77.0 Å². The standard InChI is InChI=1S/C27H30N8O3S/c1-33-8-9-34(24(36)16-33)15-20-10-19-4-3-7-35(25(19)32-26(20)38-2)27(37)31-23-11-18(21(12-28)13-30-23)5-6-22-14-29-17-39-22/h10-11,13-14,17H,3-9,15-16H2,1-2H3,(H,30,31,37). The number of piperazine rings is 1. The number of amides is 3. The summed E-state index contributed by atoms with van der Waals surface area (Å²) in [6.07, 6.45) is 6.26. The molecule has 202 valence electrons. The smallest absolute Gasteiger partial charge is 0.328 e. The molecule has 39 heavy (non-hydrogen) atoms. The van der Waals surface area contributed by atoms with E-state index < -0.39 is 0 Å². The van der Waals surface area contributed by atoms with Gasteiger partial charge in [0, 0.05) is 42.5 Å². The molecule has 3 aromatic rings. The van der Waals surface area contributed by atoms with Gasteiger partial charge in [-0.1, -0.05) is 0 Å². The predicted octanol–water partition coefficient (Wildman–Crippen LogP) is 2.86. The number of nitrogens with zero attached hydrogens (tertiary/aromatic N) is 7. The summed E-state index contributed by atoms with van der Waals surface area (Å²) < 4.78 is 5.59. The minimum Gasteiger partial charge on any atom is -0.481 e. The zero-order chi connectivity index (χ0) is 27.4. The van der Waals surface area contributed by atoms with E-state index in [2.05, 4.69) is 21.4 Å². The zero-order valence-electron chi connectivity index (χ0n) is 22.0. The third kappa shape index (κ3) is 6.00. The molecule has 11 nitrogen and oxygen atoms in total. The number of urea groups is 1. The van der Waals surface area contributed by atoms with Gasteiger partial charge in [0.15, 0.2) is 0 Å². The number of rotatable bonds is 7. The lowest BCUT2D eigenvalue weighted by Crippen LogP contribution is -2.48. The quantitative estimate of drug-likeness (QED) is 0.479. The first kappa shape index (κ1) is 26.5. The van der Waals surface area contributed by atoms with Crippen molar-refractivity contribution in [3.8, 4) is 11.9 Å². The lowest BCUT2D eigenvalue weighted by atomic mass is 10.0. The largest absolute Gasteiger partial charge is 0.481 e. The van der Waals surface area contributed by atoms with Crippen molar-refractivity contribution in [3.63, 3.8) is 0 Å². The number of methoxy groups -OCH3 is 1. The zero-order valence-corrected chi connectivity index (χ0v) is 22.8. The summed E-state index contributed by atoms with van der Waals surface area (Å²) in [5, 5.41) is 12.4. The number of hydrogen-bond donors (Lipinski definition) is 1. The van der Waals surface area contributed by atoms with Crippen LogP contribution in [-0.2, 0) is 30.6 Å². The van der Waals surface area contributed by atoms with Crippen LogP contribution in [0.5, 0.6) is 5.88 Å². The molecule has 0 bridgehead atoms. The molecule has 12 heteroatoms. The van der Waals surface area contributed by atoms with E-state index in [0.717, 1.165) is 47.4 Å². The number of thiazole rings is 1. The summed E-state index contributed by atoms with van der Waals surface area (Å²) in [6.45, 7) is 2.77. The van der Waals surface area contributed by atoms with E-state index in [1.807, 2.05) is 29.1 Å². The van der Waals surface area contributed by atoms with Crippen LogP contribution in [0.25, 0.3) is 0 Å². The number of carbonyl (C=O) groups excluding carboxylic acids is 2. The van der Waals surface area contributed by atoms with Gasteiger partial charge in [-0.05, 0) is 56.0 Å². The normalized spacial score (nSPS) is 15.6. The lowest BCUT2D eigenvalue weighted by molar-refractivity contribution is -0.136. The van der Waals surface area contributed by atoms with Gasteiger partial charge in [0.2, 0.25) is 11.8 Å². The van der Waals surface area contributed by atoms with Gasteiger partial charge in [-0.15, -0.1) is 11.3 Å². The highest BCUT2D eigenvalue weighted by Crippen LogP contribution is 2.32. The maximum Gasteiger partial charge on any atom is 0.328 e. The van der Waals surface area contributed by atoms with E-state index in [1.54, 1.807) is 34.9 Å². The SMILES string of the molecule is COc1nc2c(cc1CN1CCN(C)CC1=O)CCCN2C(=O)Nc1cc(CCc2cncs2)c(C#N)cn1. The van der Waals surface area contributed by atoms with Gasteiger partial charge in [-0.3, -0.25) is 24.9 Å². The number of nitrogens with one attached hydrogen (secondary N) is 1. The Morgan fingerprint density at radius 2 is 2.08 bits per heavy atom. The first-order chi connectivity index (χ1) is 18.9. The molecule has 0 radical (unpaired) electrons. The van der Waals surface area contributed by atoms with Crippen molar-refractivity contribution in [1.29, 1.82) is 5.26 Å². The predicted molar refractivity (Wildman–Crippen MR) is 147 cm³/mol. The van der Waals surface area contributed by atoms with Crippen LogP contribution in [0.1, 0.15) is 33.6 Å². The van der Waals surface area contributed by atoms with Gasteiger partial charge in [0.25, 0.3) is 0 Å². The molecular formula is C27H30N8O3S. The molecule has 3 aromatic heterocycles. The Labute approximate surface area is 231 Å². The topological polar surface area (TPSA) is 128 Å². The van der Waals surface area contributed by atoms with Crippen molar-refractivity contribution in [2.24, 2.45) is 0 Å². The van der Waals surface area contributed by atoms with Crippen molar-refractivity contribution < 1.29 is 14.3 Å². The number of likely N-dealkylation sites (N-methyl/N-ethyl adjacent to an activating group) is 1. The molecule has 0 atom stereocenters. The maximum atomic E-state index is 13.4. The Balaban J connectivity index is 1.33. The third-order valence-electron chi connectivity index (χ3n) is 6.98. The molecule has 0 aromatic carbocycles. The average Bonchev–Trinajstić information content (AvgIpc) is 3.46. The van der Waals surface area contributed by atoms with Gasteiger partial charge >= 0.3 is 6.03 Å². The van der Waals surface area contributed by atoms with E-state index in [0.29, 0.717) is 55.7 Å². The second kappa shape index (κ2) is 11.8. The molecule has 0 saturated carbocycles. The number of carbonyl (C=O) groups is 2. The number of aromatic nitrogens is 3. The minimum atomic E-state index is -0.349. The van der Waals surface area contributed by atoms with Gasteiger partial charge in [-0.2, -0.15) is 10.2 Å². The molecule has 5 heterocycles. The molecule has 0 unspecified atom stereocenters. The maximum absolute atomic E-state index is 13.4. The fraction of sp³-hybridized carbons (Fsp3) is 0.407. The van der Waals surface area contributed by atoms with Gasteiger partial charge in [-0.25, -0.2) is 9.78 Å². The van der Waals surface area contributed by atoms with E-state index in [-0.39, 0.29) is 11.9 Å². The Morgan fingerprint density at radius 1 is 1.21 bits per heavy atom. The Bertz CT molecular complexity index is 1400. The number of hydrogen-bond acceptors (Lipinski definition) is 9. The molecular weight excluding hydrogens is 516 g/mol. The number of fused-ring (bicyclic) bond motifs is 1. The lowest BCUT2D eigenvalue weighted by Gasteiger charge is -2.33. The second-order valence-electron chi connectivity index (χ2n) is 9.68. The van der Waals surface area contributed by atoms with E-state index in [1.165, 1.54) is 6.20 Å². The monoisotopic (exact) mass is 546 g/mol. The van der Waals surface area contributed by atoms with Gasteiger partial charge in [0.05, 0.1) is 31.3 Å². The summed E-state index contributed by atoms with van der Waals surface area (Å²) >= 11 is 1.57. The Kier molecular flexibility index (Phi) is 7.99. The van der Waals surface area contributed by atoms with Crippen LogP contribution in [0, 0.1) is 11.3 Å². The van der Waals surface area contributed by atoms with E-state index in [9.17, 15) is 14.9 Å². The molecule has 0 spiro atoms. The first-order valence-corrected chi connectivity index (χ1v) is 13.7. The van der Waals surface area contributed by atoms with Gasteiger partial charge < -0.3 is 9.64 Å². The summed E-state index contributed by atoms with van der Waals surface area (Å²) in [6, 6.07) is 5.60.